The van der Waals surface area contributed by atoms with Crippen LogP contribution in [0.5, 0.6) is 5.75 Å². The molecule has 0 radical (unpaired) electrons. The van der Waals surface area contributed by atoms with Crippen molar-refractivity contribution in [2.75, 3.05) is 13.2 Å². The lowest BCUT2D eigenvalue weighted by molar-refractivity contribution is -0.127. The van der Waals surface area contributed by atoms with E-state index in [4.69, 9.17) is 4.74 Å². The monoisotopic (exact) mass is 478 g/mol. The summed E-state index contributed by atoms with van der Waals surface area (Å²) < 4.78 is 5.97. The van der Waals surface area contributed by atoms with Crippen LogP contribution in [0.2, 0.25) is 0 Å². The maximum Gasteiger partial charge on any atom is 0.224 e. The summed E-state index contributed by atoms with van der Waals surface area (Å²) in [5.74, 6) is 0.202. The number of carbonyl (C=O) groups excluding carboxylic acids is 3. The maximum absolute atomic E-state index is 13.2. The Kier molecular flexibility index (Phi) is 7.74. The van der Waals surface area contributed by atoms with Gasteiger partial charge in [0.2, 0.25) is 11.8 Å². The summed E-state index contributed by atoms with van der Waals surface area (Å²) in [7, 11) is 0. The first kappa shape index (κ1) is 24.8. The Bertz CT molecular complexity index is 1130. The summed E-state index contributed by atoms with van der Waals surface area (Å²) in [5.41, 5.74) is 1.27. The van der Waals surface area contributed by atoms with E-state index in [-0.39, 0.29) is 42.3 Å². The van der Waals surface area contributed by atoms with E-state index in [0.29, 0.717) is 37.6 Å². The van der Waals surface area contributed by atoms with Gasteiger partial charge in [-0.15, -0.1) is 0 Å². The van der Waals surface area contributed by atoms with Gasteiger partial charge in [-0.1, -0.05) is 19.9 Å². The van der Waals surface area contributed by atoms with Gasteiger partial charge in [-0.25, -0.2) is 0 Å². The predicted octanol–water partition coefficient (Wildman–Crippen LogP) is 3.73. The molecule has 1 saturated heterocycles. The molecule has 0 bridgehead atoms. The molecule has 2 amide bonds. The van der Waals surface area contributed by atoms with Crippen molar-refractivity contribution < 1.29 is 19.1 Å². The lowest BCUT2D eigenvalue weighted by Gasteiger charge is -2.21. The lowest BCUT2D eigenvalue weighted by atomic mass is 9.90. The number of aromatic amines is 1. The SMILES string of the molecule is CC(C)C[C@H](CC(=O)c1cc2c(OCC3CC3)cccc2[nH]1)C(=O)N[C@H](C#N)C[C@@H]1CCNC1=O. The summed E-state index contributed by atoms with van der Waals surface area (Å²) in [6, 6.07) is 8.87. The van der Waals surface area contributed by atoms with Crippen LogP contribution in [0.3, 0.4) is 0 Å². The zero-order valence-corrected chi connectivity index (χ0v) is 20.4. The molecule has 3 atom stereocenters. The topological polar surface area (TPSA) is 124 Å². The number of nitriles is 1. The molecular weight excluding hydrogens is 444 g/mol. The van der Waals surface area contributed by atoms with Crippen LogP contribution in [0, 0.1) is 35.0 Å². The molecule has 0 unspecified atom stereocenters. The minimum absolute atomic E-state index is 0.0389. The maximum atomic E-state index is 13.2. The molecule has 186 valence electrons. The Hall–Kier alpha value is -3.34. The van der Waals surface area contributed by atoms with Gasteiger partial charge in [0.15, 0.2) is 5.78 Å². The summed E-state index contributed by atoms with van der Waals surface area (Å²) in [6.45, 7) is 5.29. The van der Waals surface area contributed by atoms with E-state index in [2.05, 4.69) is 21.7 Å². The highest BCUT2D eigenvalue weighted by atomic mass is 16.5. The minimum atomic E-state index is -0.764. The molecule has 35 heavy (non-hydrogen) atoms. The van der Waals surface area contributed by atoms with Gasteiger partial charge < -0.3 is 20.4 Å². The van der Waals surface area contributed by atoms with Crippen LogP contribution in [-0.2, 0) is 9.59 Å². The molecular formula is C27H34N4O4. The minimum Gasteiger partial charge on any atom is -0.493 e. The highest BCUT2D eigenvalue weighted by molar-refractivity contribution is 6.02. The number of benzene rings is 1. The average Bonchev–Trinajstić information content (AvgIpc) is 3.41. The molecule has 2 aromatic rings. The number of ketones is 1. The number of hydrogen-bond donors (Lipinski definition) is 3. The zero-order valence-electron chi connectivity index (χ0n) is 20.4. The van der Waals surface area contributed by atoms with Gasteiger partial charge in [-0.05, 0) is 62.1 Å². The van der Waals surface area contributed by atoms with E-state index in [1.165, 1.54) is 12.8 Å². The number of carbonyl (C=O) groups is 3. The fraction of sp³-hybridized carbons (Fsp3) is 0.556. The Labute approximate surface area is 205 Å². The number of fused-ring (bicyclic) bond motifs is 1. The molecule has 1 aliphatic carbocycles. The molecule has 1 saturated carbocycles. The van der Waals surface area contributed by atoms with Crippen LogP contribution in [0.1, 0.15) is 62.9 Å². The number of amides is 2. The summed E-state index contributed by atoms with van der Waals surface area (Å²) in [6.07, 6.45) is 3.90. The number of ether oxygens (including phenoxy) is 1. The third-order valence-corrected chi connectivity index (χ3v) is 6.81. The van der Waals surface area contributed by atoms with Gasteiger partial charge in [0.05, 0.1) is 18.4 Å². The summed E-state index contributed by atoms with van der Waals surface area (Å²) >= 11 is 0. The number of Topliss-reactive ketones (excluding diaryl/α,β-unsaturated/α-hetero) is 1. The number of H-pyrrole nitrogens is 1. The molecule has 1 aromatic heterocycles. The third-order valence-electron chi connectivity index (χ3n) is 6.81. The van der Waals surface area contributed by atoms with Crippen LogP contribution in [-0.4, -0.2) is 41.8 Å². The van der Waals surface area contributed by atoms with Gasteiger partial charge in [-0.3, -0.25) is 14.4 Å². The van der Waals surface area contributed by atoms with Crippen molar-refractivity contribution in [3.05, 3.63) is 30.0 Å². The Morgan fingerprint density at radius 3 is 2.71 bits per heavy atom. The van der Waals surface area contributed by atoms with Crippen LogP contribution in [0.4, 0.5) is 0 Å². The fourth-order valence-electron chi connectivity index (χ4n) is 4.67. The molecule has 2 heterocycles. The summed E-state index contributed by atoms with van der Waals surface area (Å²) in [5, 5.41) is 16.0. The molecule has 1 aliphatic heterocycles. The normalized spacial score (nSPS) is 19.3. The summed E-state index contributed by atoms with van der Waals surface area (Å²) in [4.78, 5) is 41.4. The van der Waals surface area contributed by atoms with Crippen LogP contribution >= 0.6 is 0 Å². The molecule has 4 rings (SSSR count). The number of nitrogens with one attached hydrogen (secondary N) is 3. The number of nitrogens with zero attached hydrogens (tertiary/aromatic N) is 1. The van der Waals surface area contributed by atoms with Crippen molar-refractivity contribution in [1.29, 1.82) is 5.26 Å². The van der Waals surface area contributed by atoms with Gasteiger partial charge >= 0.3 is 0 Å². The number of rotatable bonds is 12. The smallest absolute Gasteiger partial charge is 0.224 e. The zero-order chi connectivity index (χ0) is 24.9. The third kappa shape index (κ3) is 6.41. The lowest BCUT2D eigenvalue weighted by Crippen LogP contribution is -2.41. The van der Waals surface area contributed by atoms with E-state index in [0.717, 1.165) is 16.7 Å². The van der Waals surface area contributed by atoms with Crippen LogP contribution in [0.25, 0.3) is 10.9 Å². The fourth-order valence-corrected chi connectivity index (χ4v) is 4.67. The first-order valence-corrected chi connectivity index (χ1v) is 12.6. The van der Waals surface area contributed by atoms with Gasteiger partial charge in [0, 0.05) is 35.7 Å². The molecule has 8 heteroatoms. The number of aromatic nitrogens is 1. The standard InChI is InChI=1S/C27H34N4O4/c1-16(2)10-19(27(34)30-20(14-28)11-18-8-9-29-26(18)33)12-24(32)23-13-21-22(31-23)4-3-5-25(21)35-15-17-6-7-17/h3-5,13,16-20,31H,6-12,15H2,1-2H3,(H,29,33)(H,30,34)/t18-,19+,20-/m0/s1. The van der Waals surface area contributed by atoms with Crippen molar-refractivity contribution in [3.8, 4) is 11.8 Å². The number of hydrogen-bond acceptors (Lipinski definition) is 5. The molecule has 3 N–H and O–H groups in total. The molecule has 1 aromatic carbocycles. The van der Waals surface area contributed by atoms with Crippen LogP contribution < -0.4 is 15.4 Å². The Balaban J connectivity index is 1.43. The van der Waals surface area contributed by atoms with Crippen molar-refractivity contribution >= 4 is 28.5 Å². The molecule has 2 aliphatic rings. The molecule has 0 spiro atoms. The van der Waals surface area contributed by atoms with Gasteiger partial charge in [0.1, 0.15) is 11.8 Å². The van der Waals surface area contributed by atoms with E-state index >= 15 is 0 Å². The first-order chi connectivity index (χ1) is 16.8. The van der Waals surface area contributed by atoms with Crippen molar-refractivity contribution in [1.82, 2.24) is 15.6 Å². The van der Waals surface area contributed by atoms with Crippen LogP contribution in [0.15, 0.2) is 24.3 Å². The highest BCUT2D eigenvalue weighted by Crippen LogP contribution is 2.32. The quantitative estimate of drug-likeness (QED) is 0.401. The average molecular weight is 479 g/mol. The molecule has 8 nitrogen and oxygen atoms in total. The molecule has 2 fully saturated rings. The second-order valence-electron chi connectivity index (χ2n) is 10.3. The second-order valence-corrected chi connectivity index (χ2v) is 10.3. The Morgan fingerprint density at radius 1 is 1.26 bits per heavy atom. The van der Waals surface area contributed by atoms with E-state index in [1.54, 1.807) is 6.07 Å². The van der Waals surface area contributed by atoms with Crippen molar-refractivity contribution in [2.24, 2.45) is 23.7 Å². The van der Waals surface area contributed by atoms with E-state index in [1.807, 2.05) is 32.0 Å². The van der Waals surface area contributed by atoms with E-state index in [9.17, 15) is 19.6 Å². The predicted molar refractivity (Wildman–Crippen MR) is 132 cm³/mol. The van der Waals surface area contributed by atoms with E-state index < -0.39 is 12.0 Å². The van der Waals surface area contributed by atoms with Crippen molar-refractivity contribution in [3.63, 3.8) is 0 Å². The van der Waals surface area contributed by atoms with Crippen molar-refractivity contribution in [2.45, 2.75) is 58.4 Å². The second kappa shape index (κ2) is 10.9. The Morgan fingerprint density at radius 2 is 2.06 bits per heavy atom. The van der Waals surface area contributed by atoms with Gasteiger partial charge in [-0.2, -0.15) is 5.26 Å². The largest absolute Gasteiger partial charge is 0.493 e. The van der Waals surface area contributed by atoms with Gasteiger partial charge in [0.25, 0.3) is 0 Å². The first-order valence-electron chi connectivity index (χ1n) is 12.6. The highest BCUT2D eigenvalue weighted by Gasteiger charge is 2.31.